The van der Waals surface area contributed by atoms with Crippen molar-refractivity contribution in [3.63, 3.8) is 0 Å². The Bertz CT molecular complexity index is 49.7. The Morgan fingerprint density at radius 2 is 2.14 bits per heavy atom. The molecule has 2 nitrogen and oxygen atoms in total. The maximum atomic E-state index is 10.1. The van der Waals surface area contributed by atoms with E-state index in [1.165, 1.54) is 0 Å². The fraction of sp³-hybridized carbons (Fsp3) is 0.750. The monoisotopic (exact) mass is 110 g/mol. The van der Waals surface area contributed by atoms with Crippen LogP contribution in [0.2, 0.25) is 0 Å². The molecule has 0 fully saturated rings. The molecule has 0 saturated carbocycles. The van der Waals surface area contributed by atoms with Crippen LogP contribution in [0.15, 0.2) is 0 Å². The van der Waals surface area contributed by atoms with Crippen molar-refractivity contribution in [3.8, 4) is 0 Å². The first kappa shape index (κ1) is 10.5. The molecule has 7 heavy (non-hydrogen) atoms. The van der Waals surface area contributed by atoms with Crippen LogP contribution in [-0.4, -0.2) is 13.0 Å². The van der Waals surface area contributed by atoms with E-state index in [0.717, 1.165) is 0 Å². The predicted molar refractivity (Wildman–Crippen MR) is 24.4 cm³/mol. The van der Waals surface area contributed by atoms with E-state index in [2.05, 4.69) is 5.32 Å². The third kappa shape index (κ3) is 6.47. The Balaban J connectivity index is 0. The molecule has 0 radical (unpaired) electrons. The van der Waals surface area contributed by atoms with Gasteiger partial charge in [0.25, 0.3) is 0 Å². The average molecular weight is 110 g/mol. The Kier molecular flexibility index (Phi) is 9.66. The molecule has 1 N–H and O–H groups in total. The molecule has 0 aliphatic carbocycles. The molecule has 0 saturated heterocycles. The molecule has 0 unspecified atom stereocenters. The van der Waals surface area contributed by atoms with Crippen LogP contribution in [-0.2, 0) is 4.79 Å². The maximum Gasteiger partial charge on any atom is 1.00 e. The van der Waals surface area contributed by atoms with E-state index in [1.54, 1.807) is 7.05 Å². The molecule has 0 rings (SSSR count). The summed E-state index contributed by atoms with van der Waals surface area (Å²) in [6.45, 7) is 1.82. The molecule has 0 aliphatic heterocycles. The van der Waals surface area contributed by atoms with Gasteiger partial charge in [-0.25, -0.2) is 0 Å². The third-order valence-corrected chi connectivity index (χ3v) is 0.600. The summed E-state index contributed by atoms with van der Waals surface area (Å²) in [7, 11) is 1.63. The van der Waals surface area contributed by atoms with Gasteiger partial charge < -0.3 is 5.32 Å². The summed E-state index contributed by atoms with van der Waals surface area (Å²) in [6, 6.07) is 0. The number of carbonyl (C=O) groups is 1. The van der Waals surface area contributed by atoms with Crippen molar-refractivity contribution in [2.75, 3.05) is 7.05 Å². The van der Waals surface area contributed by atoms with Crippen LogP contribution >= 0.6 is 0 Å². The van der Waals surface area contributed by atoms with E-state index in [-0.39, 0.29) is 35.5 Å². The van der Waals surface area contributed by atoms with E-state index < -0.39 is 0 Å². The summed E-state index contributed by atoms with van der Waals surface area (Å²) in [5.41, 5.74) is 0. The molecule has 3 heteroatoms. The second-order valence-electron chi connectivity index (χ2n) is 1.03. The third-order valence-electron chi connectivity index (χ3n) is 0.600. The van der Waals surface area contributed by atoms with Gasteiger partial charge in [-0.3, -0.25) is 4.79 Å². The van der Waals surface area contributed by atoms with Gasteiger partial charge in [0, 0.05) is 13.5 Å². The van der Waals surface area contributed by atoms with Gasteiger partial charge in [-0.05, 0) is 0 Å². The van der Waals surface area contributed by atoms with Crippen molar-refractivity contribution in [1.29, 1.82) is 0 Å². The largest absolute Gasteiger partial charge is 1.00 e. The van der Waals surface area contributed by atoms with E-state index in [0.29, 0.717) is 6.42 Å². The fourth-order valence-corrected chi connectivity index (χ4v) is 0.177. The molecular weight excluding hydrogens is 101 g/mol. The summed E-state index contributed by atoms with van der Waals surface area (Å²) in [5, 5.41) is 2.48. The van der Waals surface area contributed by atoms with Crippen molar-refractivity contribution in [1.82, 2.24) is 5.32 Å². The van der Waals surface area contributed by atoms with Gasteiger partial charge in [0.2, 0.25) is 5.91 Å². The standard InChI is InChI=1S/C4H9NO.Na/c1-3-4(6)5-2;/h3H2,1-2H3,(H,5,6);/q;+1. The Morgan fingerprint density at radius 1 is 1.71 bits per heavy atom. The quantitative estimate of drug-likeness (QED) is 0.362. The van der Waals surface area contributed by atoms with Crippen LogP contribution in [0.1, 0.15) is 13.3 Å². The van der Waals surface area contributed by atoms with Crippen LogP contribution in [0.4, 0.5) is 0 Å². The number of carbonyl (C=O) groups excluding carboxylic acids is 1. The minimum absolute atomic E-state index is 0. The summed E-state index contributed by atoms with van der Waals surface area (Å²) in [4.78, 5) is 10.1. The van der Waals surface area contributed by atoms with Crippen LogP contribution in [0.5, 0.6) is 0 Å². The molecule has 0 aromatic heterocycles. The van der Waals surface area contributed by atoms with Crippen molar-refractivity contribution in [2.45, 2.75) is 13.3 Å². The van der Waals surface area contributed by atoms with E-state index in [9.17, 15) is 4.79 Å². The van der Waals surface area contributed by atoms with E-state index in [1.807, 2.05) is 6.92 Å². The van der Waals surface area contributed by atoms with Crippen molar-refractivity contribution in [3.05, 3.63) is 0 Å². The van der Waals surface area contributed by atoms with Gasteiger partial charge in [0.1, 0.15) is 0 Å². The second kappa shape index (κ2) is 6.47. The molecule has 36 valence electrons. The molecule has 0 aromatic carbocycles. The minimum Gasteiger partial charge on any atom is -0.359 e. The number of nitrogens with one attached hydrogen (secondary N) is 1. The first-order chi connectivity index (χ1) is 2.81. The van der Waals surface area contributed by atoms with Crippen LogP contribution < -0.4 is 34.9 Å². The molecule has 0 spiro atoms. The topological polar surface area (TPSA) is 29.1 Å². The van der Waals surface area contributed by atoms with Gasteiger partial charge in [0.15, 0.2) is 0 Å². The first-order valence-electron chi connectivity index (χ1n) is 2.01. The number of hydrogen-bond acceptors (Lipinski definition) is 1. The molecule has 0 atom stereocenters. The summed E-state index contributed by atoms with van der Waals surface area (Å²) in [6.07, 6.45) is 0.580. The van der Waals surface area contributed by atoms with Gasteiger partial charge in [0.05, 0.1) is 0 Å². The van der Waals surface area contributed by atoms with Gasteiger partial charge in [-0.15, -0.1) is 0 Å². The average Bonchev–Trinajstić information content (AvgIpc) is 1.65. The fourth-order valence-electron chi connectivity index (χ4n) is 0.177. The summed E-state index contributed by atoms with van der Waals surface area (Å²) >= 11 is 0. The summed E-state index contributed by atoms with van der Waals surface area (Å²) < 4.78 is 0. The molecule has 1 amide bonds. The van der Waals surface area contributed by atoms with Crippen molar-refractivity contribution < 1.29 is 34.4 Å². The van der Waals surface area contributed by atoms with Crippen molar-refractivity contribution >= 4 is 5.91 Å². The maximum absolute atomic E-state index is 10.1. The molecule has 0 heterocycles. The SMILES string of the molecule is CCC(=O)NC.[Na+]. The molecular formula is C4H9NNaO+. The molecule has 0 aromatic rings. The minimum atomic E-state index is 0. The number of amides is 1. The number of rotatable bonds is 1. The normalized spacial score (nSPS) is 6.57. The van der Waals surface area contributed by atoms with Gasteiger partial charge >= 0.3 is 29.6 Å². The Hall–Kier alpha value is 0.470. The zero-order chi connectivity index (χ0) is 4.99. The zero-order valence-electron chi connectivity index (χ0n) is 5.12. The van der Waals surface area contributed by atoms with Crippen molar-refractivity contribution in [2.24, 2.45) is 0 Å². The Morgan fingerprint density at radius 3 is 2.14 bits per heavy atom. The van der Waals surface area contributed by atoms with Crippen LogP contribution in [0, 0.1) is 0 Å². The van der Waals surface area contributed by atoms with E-state index in [4.69, 9.17) is 0 Å². The Labute approximate surface area is 66.0 Å². The second-order valence-corrected chi connectivity index (χ2v) is 1.03. The smallest absolute Gasteiger partial charge is 0.359 e. The number of hydrogen-bond donors (Lipinski definition) is 1. The van der Waals surface area contributed by atoms with Gasteiger partial charge in [-0.2, -0.15) is 0 Å². The van der Waals surface area contributed by atoms with Crippen LogP contribution in [0.3, 0.4) is 0 Å². The predicted octanol–water partition coefficient (Wildman–Crippen LogP) is -2.85. The molecule has 0 aliphatic rings. The summed E-state index contributed by atoms with van der Waals surface area (Å²) in [5.74, 6) is 0.0926. The zero-order valence-corrected chi connectivity index (χ0v) is 7.12. The van der Waals surface area contributed by atoms with Crippen LogP contribution in [0.25, 0.3) is 0 Å². The first-order valence-corrected chi connectivity index (χ1v) is 2.01. The van der Waals surface area contributed by atoms with E-state index >= 15 is 0 Å². The molecule has 0 bridgehead atoms. The van der Waals surface area contributed by atoms with Gasteiger partial charge in [-0.1, -0.05) is 6.92 Å².